The van der Waals surface area contributed by atoms with Gasteiger partial charge >= 0.3 is 5.97 Å². The molecule has 3 N–H and O–H groups in total. The van der Waals surface area contributed by atoms with Gasteiger partial charge < -0.3 is 14.8 Å². The Kier molecular flexibility index (Phi) is 6.54. The molecule has 0 unspecified atom stereocenters. The molecule has 0 aliphatic rings. The number of amides is 1. The van der Waals surface area contributed by atoms with E-state index in [4.69, 9.17) is 9.88 Å². The van der Waals surface area contributed by atoms with Crippen LogP contribution in [0.4, 0.5) is 5.69 Å². The lowest BCUT2D eigenvalue weighted by Gasteiger charge is -2.17. The molecular formula is C18H20N2O6S. The van der Waals surface area contributed by atoms with Crippen LogP contribution >= 0.6 is 0 Å². The molecule has 0 radical (unpaired) electrons. The molecule has 0 aromatic heterocycles. The molecule has 2 aromatic carbocycles. The molecule has 8 nitrogen and oxygen atoms in total. The molecular weight excluding hydrogens is 372 g/mol. The number of methoxy groups -OCH3 is 1. The van der Waals surface area contributed by atoms with Crippen molar-refractivity contribution < 1.29 is 27.5 Å². The lowest BCUT2D eigenvalue weighted by molar-refractivity contribution is -0.116. The number of hydrogen-bond acceptors (Lipinski definition) is 6. The highest BCUT2D eigenvalue weighted by Crippen LogP contribution is 2.37. The summed E-state index contributed by atoms with van der Waals surface area (Å²) in [6.45, 7) is 1.82. The first kappa shape index (κ1) is 20.4. The van der Waals surface area contributed by atoms with Crippen LogP contribution in [0.25, 0.3) is 0 Å². The number of ether oxygens (including phenoxy) is 2. The summed E-state index contributed by atoms with van der Waals surface area (Å²) in [5.41, 5.74) is -0.0852. The van der Waals surface area contributed by atoms with Gasteiger partial charge in [-0.3, -0.25) is 4.79 Å². The van der Waals surface area contributed by atoms with Crippen molar-refractivity contribution in [2.45, 2.75) is 24.7 Å². The van der Waals surface area contributed by atoms with E-state index in [0.29, 0.717) is 12.2 Å². The minimum Gasteiger partial charge on any atom is -0.465 e. The summed E-state index contributed by atoms with van der Waals surface area (Å²) in [5.74, 6) is -0.991. The van der Waals surface area contributed by atoms with Gasteiger partial charge in [-0.15, -0.1) is 0 Å². The molecule has 0 aliphatic carbocycles. The van der Waals surface area contributed by atoms with Crippen molar-refractivity contribution >= 4 is 27.6 Å². The number of para-hydroxylation sites is 1. The Bertz CT molecular complexity index is 942. The molecule has 27 heavy (non-hydrogen) atoms. The Morgan fingerprint density at radius 2 is 1.81 bits per heavy atom. The van der Waals surface area contributed by atoms with Crippen molar-refractivity contribution in [3.8, 4) is 11.5 Å². The molecule has 2 rings (SSSR count). The monoisotopic (exact) mass is 392 g/mol. The molecule has 0 saturated carbocycles. The standard InChI is InChI=1S/C18H20N2O6S/c1-3-7-16(21)20-14-10-12(18(22)25-2)11-15(27(19,23)24)17(14)26-13-8-5-4-6-9-13/h4-6,8-11H,3,7H2,1-2H3,(H,20,21)(H2,19,23,24). The maximum Gasteiger partial charge on any atom is 0.337 e. The van der Waals surface area contributed by atoms with Crippen LogP contribution in [0.3, 0.4) is 0 Å². The van der Waals surface area contributed by atoms with Gasteiger partial charge in [0.25, 0.3) is 0 Å². The van der Waals surface area contributed by atoms with Gasteiger partial charge in [0.05, 0.1) is 18.4 Å². The highest BCUT2D eigenvalue weighted by atomic mass is 32.2. The molecule has 0 saturated heterocycles. The number of primary sulfonamides is 1. The van der Waals surface area contributed by atoms with Gasteiger partial charge in [0.1, 0.15) is 10.6 Å². The molecule has 0 heterocycles. The largest absolute Gasteiger partial charge is 0.465 e. The minimum atomic E-state index is -4.27. The third-order valence-electron chi connectivity index (χ3n) is 3.50. The molecule has 2 aromatic rings. The zero-order valence-electron chi connectivity index (χ0n) is 14.9. The third-order valence-corrected chi connectivity index (χ3v) is 4.41. The number of esters is 1. The normalized spacial score (nSPS) is 10.9. The number of anilines is 1. The summed E-state index contributed by atoms with van der Waals surface area (Å²) >= 11 is 0. The predicted octanol–water partition coefficient (Wildman–Crippen LogP) is 2.65. The summed E-state index contributed by atoms with van der Waals surface area (Å²) in [4.78, 5) is 23.5. The number of nitrogens with two attached hydrogens (primary N) is 1. The van der Waals surface area contributed by atoms with Gasteiger partial charge in [0, 0.05) is 6.42 Å². The Hall–Kier alpha value is -2.91. The predicted molar refractivity (Wildman–Crippen MR) is 99.2 cm³/mol. The smallest absolute Gasteiger partial charge is 0.337 e. The van der Waals surface area contributed by atoms with Crippen molar-refractivity contribution in [1.29, 1.82) is 0 Å². The second kappa shape index (κ2) is 8.65. The van der Waals surface area contributed by atoms with Crippen LogP contribution in [-0.2, 0) is 19.6 Å². The van der Waals surface area contributed by atoms with Crippen molar-refractivity contribution in [1.82, 2.24) is 0 Å². The lowest BCUT2D eigenvalue weighted by Crippen LogP contribution is -2.18. The van der Waals surface area contributed by atoms with Crippen LogP contribution in [0, 0.1) is 0 Å². The van der Waals surface area contributed by atoms with Gasteiger partial charge in [-0.25, -0.2) is 18.4 Å². The van der Waals surface area contributed by atoms with Gasteiger partial charge in [-0.2, -0.15) is 0 Å². The fraction of sp³-hybridized carbons (Fsp3) is 0.222. The van der Waals surface area contributed by atoms with E-state index in [0.717, 1.165) is 13.2 Å². The van der Waals surface area contributed by atoms with Gasteiger partial charge in [0.15, 0.2) is 5.75 Å². The number of benzene rings is 2. The molecule has 0 aliphatic heterocycles. The average molecular weight is 392 g/mol. The second-order valence-corrected chi connectivity index (χ2v) is 7.13. The van der Waals surface area contributed by atoms with E-state index in [1.807, 2.05) is 6.92 Å². The summed E-state index contributed by atoms with van der Waals surface area (Å²) < 4.78 is 34.5. The number of carbonyl (C=O) groups is 2. The first-order valence-corrected chi connectivity index (χ1v) is 9.62. The maximum atomic E-state index is 12.1. The maximum absolute atomic E-state index is 12.1. The Labute approximate surface area is 157 Å². The zero-order chi connectivity index (χ0) is 20.0. The van der Waals surface area contributed by atoms with E-state index in [2.05, 4.69) is 10.1 Å². The average Bonchev–Trinajstić information content (AvgIpc) is 2.62. The number of sulfonamides is 1. The summed E-state index contributed by atoms with van der Waals surface area (Å²) in [7, 11) is -3.12. The fourth-order valence-electron chi connectivity index (χ4n) is 2.29. The Morgan fingerprint density at radius 1 is 1.15 bits per heavy atom. The number of hydrogen-bond donors (Lipinski definition) is 2. The molecule has 144 valence electrons. The third kappa shape index (κ3) is 5.28. The van der Waals surface area contributed by atoms with Crippen LogP contribution in [0.1, 0.15) is 30.1 Å². The van der Waals surface area contributed by atoms with Gasteiger partial charge in [-0.05, 0) is 30.7 Å². The second-order valence-electron chi connectivity index (χ2n) is 5.60. The van der Waals surface area contributed by atoms with Crippen LogP contribution < -0.4 is 15.2 Å². The van der Waals surface area contributed by atoms with E-state index in [9.17, 15) is 18.0 Å². The zero-order valence-corrected chi connectivity index (χ0v) is 15.7. The number of nitrogens with one attached hydrogen (secondary N) is 1. The number of carbonyl (C=O) groups excluding carboxylic acids is 2. The highest BCUT2D eigenvalue weighted by molar-refractivity contribution is 7.89. The fourth-order valence-corrected chi connectivity index (χ4v) is 2.99. The van der Waals surface area contributed by atoms with Crippen LogP contribution in [0.2, 0.25) is 0 Å². The number of rotatable bonds is 7. The van der Waals surface area contributed by atoms with Crippen molar-refractivity contribution in [2.24, 2.45) is 5.14 Å². The lowest BCUT2D eigenvalue weighted by atomic mass is 10.1. The van der Waals surface area contributed by atoms with Crippen molar-refractivity contribution in [3.05, 3.63) is 48.0 Å². The van der Waals surface area contributed by atoms with Crippen molar-refractivity contribution in [3.63, 3.8) is 0 Å². The summed E-state index contributed by atoms with van der Waals surface area (Å²) in [6.07, 6.45) is 0.789. The Morgan fingerprint density at radius 3 is 2.37 bits per heavy atom. The summed E-state index contributed by atoms with van der Waals surface area (Å²) in [5, 5.41) is 7.88. The van der Waals surface area contributed by atoms with E-state index in [-0.39, 0.29) is 29.3 Å². The van der Waals surface area contributed by atoms with E-state index >= 15 is 0 Å². The highest BCUT2D eigenvalue weighted by Gasteiger charge is 2.24. The van der Waals surface area contributed by atoms with E-state index in [1.165, 1.54) is 6.07 Å². The first-order valence-electron chi connectivity index (χ1n) is 8.08. The van der Waals surface area contributed by atoms with Crippen LogP contribution in [-0.4, -0.2) is 27.4 Å². The Balaban J connectivity index is 2.67. The molecule has 0 fully saturated rings. The van der Waals surface area contributed by atoms with E-state index in [1.54, 1.807) is 30.3 Å². The SMILES string of the molecule is CCCC(=O)Nc1cc(C(=O)OC)cc(S(N)(=O)=O)c1Oc1ccccc1. The summed E-state index contributed by atoms with van der Waals surface area (Å²) in [6, 6.07) is 10.7. The topological polar surface area (TPSA) is 125 Å². The van der Waals surface area contributed by atoms with Crippen LogP contribution in [0.5, 0.6) is 11.5 Å². The molecule has 0 bridgehead atoms. The molecule has 0 spiro atoms. The van der Waals surface area contributed by atoms with Crippen molar-refractivity contribution in [2.75, 3.05) is 12.4 Å². The minimum absolute atomic E-state index is 0.00391. The van der Waals surface area contributed by atoms with Gasteiger partial charge in [0.2, 0.25) is 15.9 Å². The van der Waals surface area contributed by atoms with E-state index < -0.39 is 20.9 Å². The first-order chi connectivity index (χ1) is 12.8. The molecule has 0 atom stereocenters. The molecule has 9 heteroatoms. The van der Waals surface area contributed by atoms with Crippen LogP contribution in [0.15, 0.2) is 47.4 Å². The van der Waals surface area contributed by atoms with Gasteiger partial charge in [-0.1, -0.05) is 25.1 Å². The molecule has 1 amide bonds. The quantitative estimate of drug-likeness (QED) is 0.698.